The van der Waals surface area contributed by atoms with Crippen molar-refractivity contribution in [3.05, 3.63) is 53.6 Å². The number of carbonyl (C=O) groups is 2. The van der Waals surface area contributed by atoms with Crippen LogP contribution < -0.4 is 15.4 Å². The zero-order chi connectivity index (χ0) is 21.3. The van der Waals surface area contributed by atoms with Crippen LogP contribution in [0.5, 0.6) is 5.75 Å². The monoisotopic (exact) mass is 408 g/mol. The standard InChI is InChI=1S/C25H32N2O3/c1-3-5-6-13-19(4-2)30-23-17-8-7-15-22(23)27-25(29)24(28)26-21-16-10-12-18-11-9-14-20(18)21/h7-8,10,12,15-17,19H,3-6,9,11,13-14H2,1-2H3,(H,26,28)(H,27,29). The Labute approximate surface area is 179 Å². The van der Waals surface area contributed by atoms with Crippen LogP contribution in [0.4, 0.5) is 11.4 Å². The fraction of sp³-hybridized carbons (Fsp3) is 0.440. The average Bonchev–Trinajstić information content (AvgIpc) is 3.24. The molecule has 30 heavy (non-hydrogen) atoms. The van der Waals surface area contributed by atoms with Gasteiger partial charge in [-0.25, -0.2) is 0 Å². The molecule has 0 bridgehead atoms. The topological polar surface area (TPSA) is 67.4 Å². The third kappa shape index (κ3) is 5.62. The second-order valence-electron chi connectivity index (χ2n) is 7.85. The van der Waals surface area contributed by atoms with E-state index in [9.17, 15) is 9.59 Å². The van der Waals surface area contributed by atoms with Crippen molar-refractivity contribution in [3.63, 3.8) is 0 Å². The van der Waals surface area contributed by atoms with Crippen molar-refractivity contribution in [2.75, 3.05) is 10.6 Å². The molecule has 1 unspecified atom stereocenters. The number of hydrogen-bond acceptors (Lipinski definition) is 3. The van der Waals surface area contributed by atoms with Gasteiger partial charge < -0.3 is 15.4 Å². The molecule has 1 aliphatic carbocycles. The number of fused-ring (bicyclic) bond motifs is 1. The maximum absolute atomic E-state index is 12.6. The van der Waals surface area contributed by atoms with Crippen molar-refractivity contribution in [1.29, 1.82) is 0 Å². The van der Waals surface area contributed by atoms with Gasteiger partial charge in [0.15, 0.2) is 0 Å². The van der Waals surface area contributed by atoms with Gasteiger partial charge in [0.05, 0.1) is 11.8 Å². The molecule has 3 rings (SSSR count). The largest absolute Gasteiger partial charge is 0.488 e. The maximum Gasteiger partial charge on any atom is 0.314 e. The van der Waals surface area contributed by atoms with Gasteiger partial charge in [-0.15, -0.1) is 0 Å². The van der Waals surface area contributed by atoms with E-state index in [1.807, 2.05) is 30.3 Å². The van der Waals surface area contributed by atoms with E-state index in [0.717, 1.165) is 49.8 Å². The highest BCUT2D eigenvalue weighted by Crippen LogP contribution is 2.29. The lowest BCUT2D eigenvalue weighted by Crippen LogP contribution is -2.29. The number of para-hydroxylation sites is 2. The molecule has 0 saturated heterocycles. The summed E-state index contributed by atoms with van der Waals surface area (Å²) in [4.78, 5) is 25.1. The third-order valence-electron chi connectivity index (χ3n) is 5.61. The van der Waals surface area contributed by atoms with Gasteiger partial charge in [0, 0.05) is 5.69 Å². The first-order chi connectivity index (χ1) is 14.6. The first-order valence-electron chi connectivity index (χ1n) is 11.1. The van der Waals surface area contributed by atoms with Crippen LogP contribution in [0.25, 0.3) is 0 Å². The molecule has 0 radical (unpaired) electrons. The van der Waals surface area contributed by atoms with Gasteiger partial charge >= 0.3 is 11.8 Å². The molecule has 0 spiro atoms. The summed E-state index contributed by atoms with van der Waals surface area (Å²) in [6.07, 6.45) is 8.47. The molecule has 2 aromatic rings. The lowest BCUT2D eigenvalue weighted by atomic mass is 10.1. The molecule has 0 heterocycles. The van der Waals surface area contributed by atoms with Gasteiger partial charge in [-0.3, -0.25) is 9.59 Å². The summed E-state index contributed by atoms with van der Waals surface area (Å²) in [5, 5.41) is 5.50. The second kappa shape index (κ2) is 10.8. The summed E-state index contributed by atoms with van der Waals surface area (Å²) in [5.74, 6) is -0.761. The van der Waals surface area contributed by atoms with E-state index in [0.29, 0.717) is 11.4 Å². The predicted molar refractivity (Wildman–Crippen MR) is 121 cm³/mol. The summed E-state index contributed by atoms with van der Waals surface area (Å²) in [6.45, 7) is 4.28. The summed E-state index contributed by atoms with van der Waals surface area (Å²) in [7, 11) is 0. The molecular formula is C25H32N2O3. The Kier molecular flexibility index (Phi) is 7.89. The highest BCUT2D eigenvalue weighted by atomic mass is 16.5. The first kappa shape index (κ1) is 21.9. The Hall–Kier alpha value is -2.82. The number of anilines is 2. The number of nitrogens with one attached hydrogen (secondary N) is 2. The normalized spacial score (nSPS) is 13.4. The lowest BCUT2D eigenvalue weighted by Gasteiger charge is -2.20. The molecule has 0 saturated carbocycles. The Morgan fingerprint density at radius 1 is 0.933 bits per heavy atom. The van der Waals surface area contributed by atoms with Gasteiger partial charge in [0.25, 0.3) is 0 Å². The van der Waals surface area contributed by atoms with Crippen molar-refractivity contribution in [3.8, 4) is 5.75 Å². The van der Waals surface area contributed by atoms with Crippen molar-refractivity contribution in [2.45, 2.75) is 71.3 Å². The van der Waals surface area contributed by atoms with Crippen LogP contribution in [0.1, 0.15) is 63.5 Å². The van der Waals surface area contributed by atoms with E-state index in [2.05, 4.69) is 30.5 Å². The van der Waals surface area contributed by atoms with E-state index in [1.165, 1.54) is 18.4 Å². The van der Waals surface area contributed by atoms with Crippen molar-refractivity contribution in [1.82, 2.24) is 0 Å². The molecular weight excluding hydrogens is 376 g/mol. The van der Waals surface area contributed by atoms with Gasteiger partial charge in [-0.05, 0) is 67.9 Å². The number of hydrogen-bond donors (Lipinski definition) is 2. The Bertz CT molecular complexity index is 878. The van der Waals surface area contributed by atoms with Crippen LogP contribution in [-0.4, -0.2) is 17.9 Å². The van der Waals surface area contributed by atoms with Crippen LogP contribution in [0.3, 0.4) is 0 Å². The van der Waals surface area contributed by atoms with Crippen LogP contribution in [0, 0.1) is 0 Å². The molecule has 0 aromatic heterocycles. The predicted octanol–water partition coefficient (Wildman–Crippen LogP) is 5.49. The van der Waals surface area contributed by atoms with Crippen molar-refractivity contribution >= 4 is 23.2 Å². The Balaban J connectivity index is 1.64. The van der Waals surface area contributed by atoms with Crippen molar-refractivity contribution in [2.24, 2.45) is 0 Å². The highest BCUT2D eigenvalue weighted by molar-refractivity contribution is 6.43. The number of aryl methyl sites for hydroxylation is 1. The molecule has 1 aliphatic rings. The van der Waals surface area contributed by atoms with E-state index in [1.54, 1.807) is 6.07 Å². The van der Waals surface area contributed by atoms with Gasteiger partial charge in [-0.1, -0.05) is 51.0 Å². The van der Waals surface area contributed by atoms with Crippen molar-refractivity contribution < 1.29 is 14.3 Å². The minimum atomic E-state index is -0.694. The van der Waals surface area contributed by atoms with Crippen LogP contribution >= 0.6 is 0 Å². The number of carbonyl (C=O) groups excluding carboxylic acids is 2. The molecule has 2 N–H and O–H groups in total. The summed E-state index contributed by atoms with van der Waals surface area (Å²) in [5.41, 5.74) is 3.64. The quantitative estimate of drug-likeness (QED) is 0.426. The number of ether oxygens (including phenoxy) is 1. The molecule has 160 valence electrons. The Morgan fingerprint density at radius 2 is 1.67 bits per heavy atom. The van der Waals surface area contributed by atoms with Gasteiger partial charge in [-0.2, -0.15) is 0 Å². The minimum absolute atomic E-state index is 0.0929. The smallest absolute Gasteiger partial charge is 0.314 e. The number of benzene rings is 2. The molecule has 2 aromatic carbocycles. The number of amides is 2. The van der Waals surface area contributed by atoms with E-state index in [-0.39, 0.29) is 6.10 Å². The van der Waals surface area contributed by atoms with Crippen LogP contribution in [0.15, 0.2) is 42.5 Å². The van der Waals surface area contributed by atoms with E-state index in [4.69, 9.17) is 4.74 Å². The van der Waals surface area contributed by atoms with Gasteiger partial charge in [0.2, 0.25) is 0 Å². The molecule has 0 aliphatic heterocycles. The Morgan fingerprint density at radius 3 is 2.43 bits per heavy atom. The summed E-state index contributed by atoms with van der Waals surface area (Å²) < 4.78 is 6.15. The van der Waals surface area contributed by atoms with Crippen LogP contribution in [0.2, 0.25) is 0 Å². The SMILES string of the molecule is CCCCCC(CC)Oc1ccccc1NC(=O)C(=O)Nc1cccc2c1CCC2. The lowest BCUT2D eigenvalue weighted by molar-refractivity contribution is -0.133. The molecule has 0 fully saturated rings. The highest BCUT2D eigenvalue weighted by Gasteiger charge is 2.20. The first-order valence-corrected chi connectivity index (χ1v) is 11.1. The number of unbranched alkanes of at least 4 members (excludes halogenated alkanes) is 2. The van der Waals surface area contributed by atoms with E-state index >= 15 is 0 Å². The molecule has 5 heteroatoms. The molecule has 1 atom stereocenters. The molecule has 5 nitrogen and oxygen atoms in total. The third-order valence-corrected chi connectivity index (χ3v) is 5.61. The zero-order valence-corrected chi connectivity index (χ0v) is 18.0. The zero-order valence-electron chi connectivity index (χ0n) is 18.0. The maximum atomic E-state index is 12.6. The number of rotatable bonds is 9. The van der Waals surface area contributed by atoms with Gasteiger partial charge in [0.1, 0.15) is 5.75 Å². The minimum Gasteiger partial charge on any atom is -0.488 e. The second-order valence-corrected chi connectivity index (χ2v) is 7.85. The average molecular weight is 409 g/mol. The van der Waals surface area contributed by atoms with E-state index < -0.39 is 11.8 Å². The fourth-order valence-electron chi connectivity index (χ4n) is 3.92. The molecule has 2 amide bonds. The summed E-state index contributed by atoms with van der Waals surface area (Å²) >= 11 is 0. The summed E-state index contributed by atoms with van der Waals surface area (Å²) in [6, 6.07) is 13.1. The fourth-order valence-corrected chi connectivity index (χ4v) is 3.92. The van der Waals surface area contributed by atoms with Crippen LogP contribution in [-0.2, 0) is 22.4 Å².